The molecule has 1 atom stereocenters. The van der Waals surface area contributed by atoms with Gasteiger partial charge in [-0.1, -0.05) is 11.2 Å². The third-order valence-corrected chi connectivity index (χ3v) is 2.38. The lowest BCUT2D eigenvalue weighted by atomic mass is 10.0. The van der Waals surface area contributed by atoms with Crippen LogP contribution in [0.15, 0.2) is 23.3 Å². The Bertz CT molecular complexity index is 557. The summed E-state index contributed by atoms with van der Waals surface area (Å²) in [5.41, 5.74) is 6.63. The van der Waals surface area contributed by atoms with E-state index in [2.05, 4.69) is 15.3 Å². The topological polar surface area (TPSA) is 84.6 Å². The summed E-state index contributed by atoms with van der Waals surface area (Å²) in [5, 5.41) is 14.7. The SMILES string of the molecule is N#CC(NCCN=[N+]=[N-])c1ccc(F)c(C(F)(F)F)c1. The predicted molar refractivity (Wildman–Crippen MR) is 61.8 cm³/mol. The molecule has 1 N–H and O–H groups in total. The number of rotatable bonds is 5. The van der Waals surface area contributed by atoms with Crippen LogP contribution in [0.5, 0.6) is 0 Å². The van der Waals surface area contributed by atoms with Gasteiger partial charge in [-0.2, -0.15) is 18.4 Å². The van der Waals surface area contributed by atoms with Crippen LogP contribution in [-0.2, 0) is 6.18 Å². The van der Waals surface area contributed by atoms with E-state index in [-0.39, 0.29) is 18.7 Å². The fourth-order valence-corrected chi connectivity index (χ4v) is 1.48. The minimum atomic E-state index is -4.83. The molecule has 1 unspecified atom stereocenters. The molecule has 0 amide bonds. The van der Waals surface area contributed by atoms with E-state index in [1.807, 2.05) is 0 Å². The number of halogens is 4. The molecule has 0 fully saturated rings. The van der Waals surface area contributed by atoms with Gasteiger partial charge in [-0.05, 0) is 23.2 Å². The second kappa shape index (κ2) is 6.75. The normalized spacial score (nSPS) is 12.3. The van der Waals surface area contributed by atoms with Crippen molar-refractivity contribution in [3.8, 4) is 6.07 Å². The maximum absolute atomic E-state index is 13.1. The molecule has 106 valence electrons. The van der Waals surface area contributed by atoms with Crippen LogP contribution in [0.2, 0.25) is 0 Å². The predicted octanol–water partition coefficient (Wildman–Crippen LogP) is 3.31. The largest absolute Gasteiger partial charge is 0.419 e. The van der Waals surface area contributed by atoms with Crippen LogP contribution in [0.1, 0.15) is 17.2 Å². The van der Waals surface area contributed by atoms with Crippen molar-refractivity contribution < 1.29 is 17.6 Å². The Morgan fingerprint density at radius 1 is 1.45 bits per heavy atom. The number of alkyl halides is 3. The smallest absolute Gasteiger partial charge is 0.298 e. The van der Waals surface area contributed by atoms with Crippen molar-refractivity contribution in [2.45, 2.75) is 12.2 Å². The van der Waals surface area contributed by atoms with Gasteiger partial charge in [-0.25, -0.2) is 4.39 Å². The highest BCUT2D eigenvalue weighted by Gasteiger charge is 2.34. The highest BCUT2D eigenvalue weighted by Crippen LogP contribution is 2.32. The van der Waals surface area contributed by atoms with Gasteiger partial charge in [0.05, 0.1) is 11.6 Å². The second-order valence-electron chi connectivity index (χ2n) is 3.71. The molecule has 1 aromatic carbocycles. The number of nitrogens with one attached hydrogen (secondary N) is 1. The van der Waals surface area contributed by atoms with Crippen LogP contribution in [-0.4, -0.2) is 13.1 Å². The molecule has 0 radical (unpaired) electrons. The fraction of sp³-hybridized carbons (Fsp3) is 0.364. The molecular formula is C11H9F4N5. The summed E-state index contributed by atoms with van der Waals surface area (Å²) in [7, 11) is 0. The van der Waals surface area contributed by atoms with Crippen LogP contribution >= 0.6 is 0 Å². The van der Waals surface area contributed by atoms with E-state index in [0.29, 0.717) is 12.1 Å². The summed E-state index contributed by atoms with van der Waals surface area (Å²) < 4.78 is 50.8. The lowest BCUT2D eigenvalue weighted by Crippen LogP contribution is -2.23. The van der Waals surface area contributed by atoms with Crippen LogP contribution in [0, 0.1) is 17.1 Å². The molecule has 0 spiro atoms. The van der Waals surface area contributed by atoms with Crippen molar-refractivity contribution in [3.05, 3.63) is 45.6 Å². The van der Waals surface area contributed by atoms with E-state index in [9.17, 15) is 17.6 Å². The van der Waals surface area contributed by atoms with Gasteiger partial charge in [-0.3, -0.25) is 5.32 Å². The Hall–Kier alpha value is -2.30. The molecule has 5 nitrogen and oxygen atoms in total. The van der Waals surface area contributed by atoms with E-state index in [4.69, 9.17) is 10.8 Å². The van der Waals surface area contributed by atoms with Crippen LogP contribution in [0.25, 0.3) is 10.4 Å². The minimum Gasteiger partial charge on any atom is -0.298 e. The van der Waals surface area contributed by atoms with Crippen LogP contribution in [0.4, 0.5) is 17.6 Å². The van der Waals surface area contributed by atoms with Gasteiger partial charge in [0, 0.05) is 18.0 Å². The van der Waals surface area contributed by atoms with Crippen molar-refractivity contribution in [2.24, 2.45) is 5.11 Å². The molecular weight excluding hydrogens is 278 g/mol. The third kappa shape index (κ3) is 4.12. The lowest BCUT2D eigenvalue weighted by Gasteiger charge is -2.14. The molecule has 1 aromatic rings. The van der Waals surface area contributed by atoms with E-state index < -0.39 is 23.6 Å². The Morgan fingerprint density at radius 2 is 2.15 bits per heavy atom. The van der Waals surface area contributed by atoms with Gasteiger partial charge in [0.1, 0.15) is 11.9 Å². The Balaban J connectivity index is 2.94. The maximum atomic E-state index is 13.1. The first kappa shape index (κ1) is 15.8. The monoisotopic (exact) mass is 287 g/mol. The molecule has 20 heavy (non-hydrogen) atoms. The van der Waals surface area contributed by atoms with E-state index in [0.717, 1.165) is 6.07 Å². The van der Waals surface area contributed by atoms with Gasteiger partial charge in [-0.15, -0.1) is 0 Å². The summed E-state index contributed by atoms with van der Waals surface area (Å²) >= 11 is 0. The molecule has 9 heteroatoms. The summed E-state index contributed by atoms with van der Waals surface area (Å²) in [5.74, 6) is -1.40. The van der Waals surface area contributed by atoms with Crippen LogP contribution < -0.4 is 5.32 Å². The van der Waals surface area contributed by atoms with Crippen molar-refractivity contribution in [1.82, 2.24) is 5.32 Å². The van der Waals surface area contributed by atoms with Gasteiger partial charge in [0.15, 0.2) is 0 Å². The van der Waals surface area contributed by atoms with Crippen molar-refractivity contribution in [2.75, 3.05) is 13.1 Å². The second-order valence-corrected chi connectivity index (χ2v) is 3.71. The molecule has 0 bridgehead atoms. The van der Waals surface area contributed by atoms with Gasteiger partial charge >= 0.3 is 6.18 Å². The summed E-state index contributed by atoms with van der Waals surface area (Å²) in [6, 6.07) is 3.05. The third-order valence-electron chi connectivity index (χ3n) is 2.38. The first-order valence-electron chi connectivity index (χ1n) is 5.40. The molecule has 0 aliphatic heterocycles. The maximum Gasteiger partial charge on any atom is 0.419 e. The number of hydrogen-bond donors (Lipinski definition) is 1. The highest BCUT2D eigenvalue weighted by atomic mass is 19.4. The summed E-state index contributed by atoms with van der Waals surface area (Å²) in [6.07, 6.45) is -4.83. The van der Waals surface area contributed by atoms with Crippen molar-refractivity contribution >= 4 is 0 Å². The number of nitrogens with zero attached hydrogens (tertiary/aromatic N) is 4. The molecule has 0 saturated heterocycles. The zero-order valence-corrected chi connectivity index (χ0v) is 10.0. The number of benzene rings is 1. The molecule has 0 aromatic heterocycles. The van der Waals surface area contributed by atoms with E-state index in [1.54, 1.807) is 6.07 Å². The fourth-order valence-electron chi connectivity index (χ4n) is 1.48. The molecule has 0 aliphatic carbocycles. The number of hydrogen-bond acceptors (Lipinski definition) is 3. The zero-order valence-electron chi connectivity index (χ0n) is 10.0. The molecule has 1 rings (SSSR count). The van der Waals surface area contributed by atoms with E-state index >= 15 is 0 Å². The summed E-state index contributed by atoms with van der Waals surface area (Å²) in [6.45, 7) is 0.156. The van der Waals surface area contributed by atoms with Gasteiger partial charge < -0.3 is 0 Å². The summed E-state index contributed by atoms with van der Waals surface area (Å²) in [4.78, 5) is 2.49. The zero-order chi connectivity index (χ0) is 15.2. The highest BCUT2D eigenvalue weighted by molar-refractivity contribution is 5.32. The van der Waals surface area contributed by atoms with Crippen LogP contribution in [0.3, 0.4) is 0 Å². The number of nitriles is 1. The van der Waals surface area contributed by atoms with Crippen molar-refractivity contribution in [3.63, 3.8) is 0 Å². The Labute approximate surface area is 111 Å². The first-order chi connectivity index (χ1) is 9.40. The quantitative estimate of drug-likeness (QED) is 0.296. The first-order valence-corrected chi connectivity index (χ1v) is 5.40. The lowest BCUT2D eigenvalue weighted by molar-refractivity contribution is -0.140. The Morgan fingerprint density at radius 3 is 2.70 bits per heavy atom. The average Bonchev–Trinajstić information content (AvgIpc) is 2.39. The molecule has 0 heterocycles. The van der Waals surface area contributed by atoms with E-state index in [1.165, 1.54) is 0 Å². The van der Waals surface area contributed by atoms with Gasteiger partial charge in [0.25, 0.3) is 0 Å². The Kier molecular flexibility index (Phi) is 5.32. The average molecular weight is 287 g/mol. The standard InChI is InChI=1S/C11H9F4N5/c12-9-2-1-7(5-8(9)11(13,14)15)10(6-16)18-3-4-19-20-17/h1-2,5,10,18H,3-4H2. The molecule has 0 saturated carbocycles. The molecule has 0 aliphatic rings. The van der Waals surface area contributed by atoms with Crippen molar-refractivity contribution in [1.29, 1.82) is 5.26 Å². The minimum absolute atomic E-state index is 0.0119. The number of azide groups is 1. The van der Waals surface area contributed by atoms with Gasteiger partial charge in [0.2, 0.25) is 0 Å².